The lowest BCUT2D eigenvalue weighted by atomic mass is 9.83. The number of carbonyl (C=O) groups is 1. The van der Waals surface area contributed by atoms with Crippen LogP contribution in [-0.4, -0.2) is 37.1 Å². The molecule has 3 rings (SSSR count). The van der Waals surface area contributed by atoms with Crippen molar-refractivity contribution >= 4 is 5.91 Å². The summed E-state index contributed by atoms with van der Waals surface area (Å²) in [5, 5.41) is 0. The van der Waals surface area contributed by atoms with Gasteiger partial charge in [0.05, 0.1) is 13.2 Å². The fraction of sp³-hybridized carbons (Fsp3) is 0.769. The summed E-state index contributed by atoms with van der Waals surface area (Å²) in [6, 6.07) is 0. The third-order valence-corrected chi connectivity index (χ3v) is 4.46. The van der Waals surface area contributed by atoms with Crippen LogP contribution >= 0.6 is 0 Å². The molecule has 3 heteroatoms. The molecule has 4 atom stereocenters. The fourth-order valence-corrected chi connectivity index (χ4v) is 3.47. The Morgan fingerprint density at radius 3 is 2.56 bits per heavy atom. The van der Waals surface area contributed by atoms with Crippen LogP contribution in [0.15, 0.2) is 12.2 Å². The number of rotatable bonds is 1. The standard InChI is InChI=1S/C13H19NO2/c1-9-10-2-3-11(8-10)12(9)13(15)14-4-6-16-7-5-14/h2-3,9-12H,4-8H2,1H3/t9-,10+,11-,12+/m1/s1. The van der Waals surface area contributed by atoms with Crippen molar-refractivity contribution in [2.45, 2.75) is 13.3 Å². The fourth-order valence-electron chi connectivity index (χ4n) is 3.47. The van der Waals surface area contributed by atoms with Gasteiger partial charge in [-0.1, -0.05) is 19.1 Å². The molecular formula is C13H19NO2. The van der Waals surface area contributed by atoms with Crippen molar-refractivity contribution in [1.82, 2.24) is 4.90 Å². The quantitative estimate of drug-likeness (QED) is 0.625. The topological polar surface area (TPSA) is 29.5 Å². The van der Waals surface area contributed by atoms with Gasteiger partial charge in [-0.15, -0.1) is 0 Å². The van der Waals surface area contributed by atoms with Crippen molar-refractivity contribution < 1.29 is 9.53 Å². The number of hydrogen-bond acceptors (Lipinski definition) is 2. The van der Waals surface area contributed by atoms with Crippen LogP contribution in [0.4, 0.5) is 0 Å². The molecule has 16 heavy (non-hydrogen) atoms. The summed E-state index contributed by atoms with van der Waals surface area (Å²) in [5.74, 6) is 2.31. The van der Waals surface area contributed by atoms with Crippen molar-refractivity contribution in [3.63, 3.8) is 0 Å². The van der Waals surface area contributed by atoms with Crippen molar-refractivity contribution in [2.75, 3.05) is 26.3 Å². The van der Waals surface area contributed by atoms with Crippen molar-refractivity contribution in [3.8, 4) is 0 Å². The average molecular weight is 221 g/mol. The summed E-state index contributed by atoms with van der Waals surface area (Å²) in [6.07, 6.45) is 5.76. The van der Waals surface area contributed by atoms with Crippen LogP contribution in [0.1, 0.15) is 13.3 Å². The molecule has 88 valence electrons. The first-order chi connectivity index (χ1) is 7.77. The third kappa shape index (κ3) is 1.49. The lowest BCUT2D eigenvalue weighted by molar-refractivity contribution is -0.141. The van der Waals surface area contributed by atoms with Crippen LogP contribution in [0, 0.1) is 23.7 Å². The molecule has 0 spiro atoms. The Morgan fingerprint density at radius 1 is 1.25 bits per heavy atom. The number of carbonyl (C=O) groups excluding carboxylic acids is 1. The maximum Gasteiger partial charge on any atom is 0.226 e. The van der Waals surface area contributed by atoms with Crippen molar-refractivity contribution in [2.24, 2.45) is 23.7 Å². The molecule has 0 aromatic heterocycles. The first kappa shape index (κ1) is 10.3. The van der Waals surface area contributed by atoms with Gasteiger partial charge in [-0.2, -0.15) is 0 Å². The molecule has 0 radical (unpaired) electrons. The molecular weight excluding hydrogens is 202 g/mol. The van der Waals surface area contributed by atoms with Crippen LogP contribution in [0.2, 0.25) is 0 Å². The van der Waals surface area contributed by atoms with Gasteiger partial charge in [-0.25, -0.2) is 0 Å². The molecule has 1 amide bonds. The Kier molecular flexibility index (Phi) is 2.51. The SMILES string of the molecule is C[C@H]1[C@H](C(=O)N2CCOCC2)[C@@H]2C=C[C@H]1C2. The van der Waals surface area contributed by atoms with Gasteiger partial charge < -0.3 is 9.64 Å². The molecule has 1 aliphatic heterocycles. The van der Waals surface area contributed by atoms with E-state index in [1.54, 1.807) is 0 Å². The number of nitrogens with zero attached hydrogens (tertiary/aromatic N) is 1. The highest BCUT2D eigenvalue weighted by Gasteiger charge is 2.46. The second kappa shape index (κ2) is 3.88. The predicted molar refractivity (Wildman–Crippen MR) is 60.8 cm³/mol. The monoisotopic (exact) mass is 221 g/mol. The summed E-state index contributed by atoms with van der Waals surface area (Å²) in [5.41, 5.74) is 0. The summed E-state index contributed by atoms with van der Waals surface area (Å²) in [4.78, 5) is 14.4. The number of amides is 1. The van der Waals surface area contributed by atoms with Crippen LogP contribution in [0.3, 0.4) is 0 Å². The molecule has 0 aromatic carbocycles. The van der Waals surface area contributed by atoms with Gasteiger partial charge in [0.15, 0.2) is 0 Å². The summed E-state index contributed by atoms with van der Waals surface area (Å²) in [7, 11) is 0. The third-order valence-electron chi connectivity index (χ3n) is 4.46. The van der Waals surface area contributed by atoms with E-state index in [4.69, 9.17) is 4.74 Å². The Bertz CT molecular complexity index is 320. The number of hydrogen-bond donors (Lipinski definition) is 0. The maximum absolute atomic E-state index is 12.4. The van der Waals surface area contributed by atoms with E-state index in [2.05, 4.69) is 19.1 Å². The van der Waals surface area contributed by atoms with Gasteiger partial charge in [0.2, 0.25) is 5.91 Å². The highest BCUT2D eigenvalue weighted by atomic mass is 16.5. The maximum atomic E-state index is 12.4. The van der Waals surface area contributed by atoms with E-state index in [1.165, 1.54) is 6.42 Å². The van der Waals surface area contributed by atoms with Gasteiger partial charge in [0, 0.05) is 19.0 Å². The molecule has 3 nitrogen and oxygen atoms in total. The number of ether oxygens (including phenoxy) is 1. The molecule has 1 heterocycles. The largest absolute Gasteiger partial charge is 0.378 e. The molecule has 0 N–H and O–H groups in total. The molecule has 1 saturated heterocycles. The molecule has 0 aromatic rings. The lowest BCUT2D eigenvalue weighted by Gasteiger charge is -2.33. The van der Waals surface area contributed by atoms with Crippen molar-refractivity contribution in [3.05, 3.63) is 12.2 Å². The van der Waals surface area contributed by atoms with Gasteiger partial charge >= 0.3 is 0 Å². The van der Waals surface area contributed by atoms with Crippen LogP contribution in [-0.2, 0) is 9.53 Å². The highest BCUT2D eigenvalue weighted by molar-refractivity contribution is 5.80. The Hall–Kier alpha value is -0.830. The number of morpholine rings is 1. The zero-order valence-corrected chi connectivity index (χ0v) is 9.76. The minimum absolute atomic E-state index is 0.244. The Balaban J connectivity index is 1.72. The van der Waals surface area contributed by atoms with E-state index in [0.29, 0.717) is 36.9 Å². The van der Waals surface area contributed by atoms with E-state index in [-0.39, 0.29) is 5.92 Å². The van der Waals surface area contributed by atoms with Crippen molar-refractivity contribution in [1.29, 1.82) is 0 Å². The zero-order valence-electron chi connectivity index (χ0n) is 9.76. The van der Waals surface area contributed by atoms with Gasteiger partial charge in [-0.3, -0.25) is 4.79 Å². The Labute approximate surface area is 96.4 Å². The molecule has 2 aliphatic carbocycles. The minimum atomic E-state index is 0.244. The van der Waals surface area contributed by atoms with Gasteiger partial charge in [0.25, 0.3) is 0 Å². The molecule has 2 fully saturated rings. The molecule has 2 bridgehead atoms. The van der Waals surface area contributed by atoms with E-state index in [0.717, 1.165) is 13.1 Å². The minimum Gasteiger partial charge on any atom is -0.378 e. The van der Waals surface area contributed by atoms with Crippen LogP contribution < -0.4 is 0 Å². The summed E-state index contributed by atoms with van der Waals surface area (Å²) >= 11 is 0. The lowest BCUT2D eigenvalue weighted by Crippen LogP contribution is -2.46. The number of allylic oxidation sites excluding steroid dienone is 2. The van der Waals surface area contributed by atoms with Crippen LogP contribution in [0.25, 0.3) is 0 Å². The average Bonchev–Trinajstić information content (AvgIpc) is 2.90. The van der Waals surface area contributed by atoms with Gasteiger partial charge in [0.1, 0.15) is 0 Å². The van der Waals surface area contributed by atoms with Crippen LogP contribution in [0.5, 0.6) is 0 Å². The zero-order chi connectivity index (χ0) is 11.1. The first-order valence-corrected chi connectivity index (χ1v) is 6.32. The second-order valence-corrected chi connectivity index (χ2v) is 5.27. The van der Waals surface area contributed by atoms with Gasteiger partial charge in [-0.05, 0) is 24.2 Å². The summed E-state index contributed by atoms with van der Waals surface area (Å²) in [6.45, 7) is 5.21. The molecule has 3 aliphatic rings. The highest BCUT2D eigenvalue weighted by Crippen LogP contribution is 2.48. The Morgan fingerprint density at radius 2 is 1.94 bits per heavy atom. The van der Waals surface area contributed by atoms with E-state index in [1.807, 2.05) is 4.90 Å². The molecule has 0 unspecified atom stereocenters. The number of fused-ring (bicyclic) bond motifs is 2. The predicted octanol–water partition coefficient (Wildman–Crippen LogP) is 1.30. The molecule has 1 saturated carbocycles. The van der Waals surface area contributed by atoms with E-state index in [9.17, 15) is 4.79 Å². The van der Waals surface area contributed by atoms with E-state index < -0.39 is 0 Å². The summed E-state index contributed by atoms with van der Waals surface area (Å²) < 4.78 is 5.29. The second-order valence-electron chi connectivity index (χ2n) is 5.27. The smallest absolute Gasteiger partial charge is 0.226 e. The normalized spacial score (nSPS) is 41.7. The first-order valence-electron chi connectivity index (χ1n) is 6.32. The van der Waals surface area contributed by atoms with E-state index >= 15 is 0 Å².